The van der Waals surface area contributed by atoms with E-state index >= 15 is 0 Å². The molecule has 25 heavy (non-hydrogen) atoms. The Kier molecular flexibility index (Phi) is 6.01. The molecule has 0 heterocycles. The van der Waals surface area contributed by atoms with Crippen molar-refractivity contribution in [3.63, 3.8) is 0 Å². The van der Waals surface area contributed by atoms with E-state index in [1.165, 1.54) is 0 Å². The van der Waals surface area contributed by atoms with Crippen molar-refractivity contribution in [1.29, 1.82) is 0 Å². The molecule has 0 aliphatic carbocycles. The monoisotopic (exact) mass is 402 g/mol. The van der Waals surface area contributed by atoms with Crippen molar-refractivity contribution in [2.75, 3.05) is 0 Å². The van der Waals surface area contributed by atoms with E-state index < -0.39 is 11.9 Å². The number of nitrogens with two attached hydrogens (primary N) is 1. The zero-order valence-electron chi connectivity index (χ0n) is 14.7. The maximum atomic E-state index is 12.5. The van der Waals surface area contributed by atoms with Gasteiger partial charge in [-0.3, -0.25) is 9.59 Å². The van der Waals surface area contributed by atoms with Gasteiger partial charge in [0.05, 0.1) is 0 Å². The minimum atomic E-state index is -0.770. The smallest absolute Gasteiger partial charge is 0.251 e. The molecule has 2 aromatic carbocycles. The van der Waals surface area contributed by atoms with E-state index in [1.54, 1.807) is 12.1 Å². The summed E-state index contributed by atoms with van der Waals surface area (Å²) in [6.45, 7) is 6.34. The van der Waals surface area contributed by atoms with Gasteiger partial charge in [-0.1, -0.05) is 67.0 Å². The average Bonchev–Trinajstić information content (AvgIpc) is 2.55. The molecule has 4 nitrogen and oxygen atoms in total. The molecule has 1 atom stereocenters. The molecule has 132 valence electrons. The van der Waals surface area contributed by atoms with Crippen LogP contribution in [0.5, 0.6) is 0 Å². The van der Waals surface area contributed by atoms with Crippen LogP contribution in [-0.2, 0) is 16.6 Å². The van der Waals surface area contributed by atoms with Crippen molar-refractivity contribution in [3.05, 3.63) is 69.7 Å². The highest BCUT2D eigenvalue weighted by molar-refractivity contribution is 9.10. The summed E-state index contributed by atoms with van der Waals surface area (Å²) >= 11 is 3.45. The topological polar surface area (TPSA) is 72.2 Å². The van der Waals surface area contributed by atoms with E-state index in [2.05, 4.69) is 42.0 Å². The van der Waals surface area contributed by atoms with Crippen LogP contribution < -0.4 is 11.1 Å². The molecule has 2 amide bonds. The number of hydrogen-bond acceptors (Lipinski definition) is 2. The van der Waals surface area contributed by atoms with Crippen LogP contribution in [0.4, 0.5) is 0 Å². The molecule has 0 fully saturated rings. The SMILES string of the molecule is CC(C)(C)c1ccc(C(=O)N[C@H](Cc2ccccc2Br)C(N)=O)cc1. The number of benzene rings is 2. The van der Waals surface area contributed by atoms with Gasteiger partial charge in [-0.05, 0) is 34.7 Å². The fraction of sp³-hybridized carbons (Fsp3) is 0.300. The van der Waals surface area contributed by atoms with Gasteiger partial charge in [-0.25, -0.2) is 0 Å². The van der Waals surface area contributed by atoms with E-state index in [0.717, 1.165) is 15.6 Å². The molecule has 2 rings (SSSR count). The molecule has 5 heteroatoms. The molecule has 3 N–H and O–H groups in total. The van der Waals surface area contributed by atoms with Crippen molar-refractivity contribution in [3.8, 4) is 0 Å². The normalized spacial score (nSPS) is 12.5. The second-order valence-corrected chi connectivity index (χ2v) is 7.91. The third-order valence-corrected chi connectivity index (χ3v) is 4.82. The van der Waals surface area contributed by atoms with Crippen molar-refractivity contribution >= 4 is 27.7 Å². The molecule has 0 spiro atoms. The molecule has 0 unspecified atom stereocenters. The fourth-order valence-electron chi connectivity index (χ4n) is 2.47. The fourth-order valence-corrected chi connectivity index (χ4v) is 2.92. The summed E-state index contributed by atoms with van der Waals surface area (Å²) < 4.78 is 0.880. The molecular formula is C20H23BrN2O2. The van der Waals surface area contributed by atoms with Crippen LogP contribution in [0.25, 0.3) is 0 Å². The number of carbonyl (C=O) groups is 2. The Morgan fingerprint density at radius 3 is 2.20 bits per heavy atom. The Labute approximate surface area is 156 Å². The molecule has 0 aliphatic heterocycles. The Bertz CT molecular complexity index is 764. The first-order valence-electron chi connectivity index (χ1n) is 8.12. The Hall–Kier alpha value is -2.14. The lowest BCUT2D eigenvalue weighted by Crippen LogP contribution is -2.45. The second kappa shape index (κ2) is 7.83. The lowest BCUT2D eigenvalue weighted by Gasteiger charge is -2.20. The summed E-state index contributed by atoms with van der Waals surface area (Å²) in [6.07, 6.45) is 0.336. The highest BCUT2D eigenvalue weighted by atomic mass is 79.9. The van der Waals surface area contributed by atoms with Gasteiger partial charge in [-0.2, -0.15) is 0 Å². The van der Waals surface area contributed by atoms with Crippen LogP contribution in [0.15, 0.2) is 53.0 Å². The number of carbonyl (C=O) groups excluding carboxylic acids is 2. The first kappa shape index (κ1) is 19.2. The first-order valence-corrected chi connectivity index (χ1v) is 8.92. The summed E-state index contributed by atoms with van der Waals surface area (Å²) in [5, 5.41) is 2.73. The van der Waals surface area contributed by atoms with Crippen molar-refractivity contribution in [2.24, 2.45) is 5.73 Å². The summed E-state index contributed by atoms with van der Waals surface area (Å²) in [5.74, 6) is -0.869. The molecule has 0 aromatic heterocycles. The van der Waals surface area contributed by atoms with Gasteiger partial charge in [0.2, 0.25) is 5.91 Å². The maximum absolute atomic E-state index is 12.5. The van der Waals surface area contributed by atoms with Crippen LogP contribution >= 0.6 is 15.9 Å². The predicted octanol–water partition coefficient (Wildman–Crippen LogP) is 3.57. The summed E-state index contributed by atoms with van der Waals surface area (Å²) in [6, 6.07) is 14.2. The molecule has 0 aliphatic rings. The first-order chi connectivity index (χ1) is 11.7. The predicted molar refractivity (Wildman–Crippen MR) is 103 cm³/mol. The van der Waals surface area contributed by atoms with Gasteiger partial charge in [0.1, 0.15) is 6.04 Å². The average molecular weight is 403 g/mol. The summed E-state index contributed by atoms with van der Waals surface area (Å²) in [7, 11) is 0. The molecule has 0 bridgehead atoms. The maximum Gasteiger partial charge on any atom is 0.251 e. The lowest BCUT2D eigenvalue weighted by molar-refractivity contribution is -0.119. The Morgan fingerprint density at radius 1 is 1.08 bits per heavy atom. The van der Waals surface area contributed by atoms with Gasteiger partial charge in [0, 0.05) is 16.5 Å². The summed E-state index contributed by atoms with van der Waals surface area (Å²) in [4.78, 5) is 24.2. The van der Waals surface area contributed by atoms with Crippen LogP contribution in [-0.4, -0.2) is 17.9 Å². The molecule has 0 saturated carbocycles. The second-order valence-electron chi connectivity index (χ2n) is 7.05. The molecular weight excluding hydrogens is 380 g/mol. The molecule has 0 saturated heterocycles. The number of hydrogen-bond donors (Lipinski definition) is 2. The minimum absolute atomic E-state index is 0.0182. The van der Waals surface area contributed by atoms with Gasteiger partial charge >= 0.3 is 0 Å². The third-order valence-electron chi connectivity index (χ3n) is 4.04. The van der Waals surface area contributed by atoms with E-state index in [0.29, 0.717) is 12.0 Å². The largest absolute Gasteiger partial charge is 0.368 e. The Morgan fingerprint density at radius 2 is 1.68 bits per heavy atom. The number of rotatable bonds is 5. The zero-order chi connectivity index (χ0) is 18.6. The van der Waals surface area contributed by atoms with Crippen LogP contribution in [0.3, 0.4) is 0 Å². The van der Waals surface area contributed by atoms with E-state index in [4.69, 9.17) is 5.73 Å². The van der Waals surface area contributed by atoms with Crippen LogP contribution in [0.2, 0.25) is 0 Å². The summed E-state index contributed by atoms with van der Waals surface area (Å²) in [5.41, 5.74) is 8.05. The Balaban J connectivity index is 2.13. The van der Waals surface area contributed by atoms with Crippen LogP contribution in [0.1, 0.15) is 42.3 Å². The zero-order valence-corrected chi connectivity index (χ0v) is 16.3. The van der Waals surface area contributed by atoms with E-state index in [-0.39, 0.29) is 11.3 Å². The van der Waals surface area contributed by atoms with Crippen molar-refractivity contribution < 1.29 is 9.59 Å². The van der Waals surface area contributed by atoms with Crippen molar-refractivity contribution in [2.45, 2.75) is 38.6 Å². The van der Waals surface area contributed by atoms with Crippen LogP contribution in [0, 0.1) is 0 Å². The van der Waals surface area contributed by atoms with Crippen molar-refractivity contribution in [1.82, 2.24) is 5.32 Å². The van der Waals surface area contributed by atoms with Gasteiger partial charge < -0.3 is 11.1 Å². The minimum Gasteiger partial charge on any atom is -0.368 e. The number of primary amides is 1. The number of nitrogens with one attached hydrogen (secondary N) is 1. The van der Waals surface area contributed by atoms with Gasteiger partial charge in [0.15, 0.2) is 0 Å². The quantitative estimate of drug-likeness (QED) is 0.801. The van der Waals surface area contributed by atoms with E-state index in [1.807, 2.05) is 36.4 Å². The highest BCUT2D eigenvalue weighted by Crippen LogP contribution is 2.22. The highest BCUT2D eigenvalue weighted by Gasteiger charge is 2.21. The molecule has 0 radical (unpaired) electrons. The van der Waals surface area contributed by atoms with Gasteiger partial charge in [0.25, 0.3) is 5.91 Å². The number of halogens is 1. The van der Waals surface area contributed by atoms with E-state index in [9.17, 15) is 9.59 Å². The van der Waals surface area contributed by atoms with Gasteiger partial charge in [-0.15, -0.1) is 0 Å². The third kappa shape index (κ3) is 5.16. The lowest BCUT2D eigenvalue weighted by atomic mass is 9.86. The molecule has 2 aromatic rings. The standard InChI is InChI=1S/C20H23BrN2O2/c1-20(2,3)15-10-8-13(9-11-15)19(25)23-17(18(22)24)12-14-6-4-5-7-16(14)21/h4-11,17H,12H2,1-3H3,(H2,22,24)(H,23,25)/t17-/m1/s1. The number of amides is 2.